The van der Waals surface area contributed by atoms with Gasteiger partial charge in [0.2, 0.25) is 0 Å². The molecule has 8 heteroatoms. The molecule has 0 saturated carbocycles. The summed E-state index contributed by atoms with van der Waals surface area (Å²) in [6, 6.07) is 3.75. The monoisotopic (exact) mass is 538 g/mol. The van der Waals surface area contributed by atoms with Gasteiger partial charge in [-0.2, -0.15) is 0 Å². The number of hydrogen-bond donors (Lipinski definition) is 0. The zero-order valence-corrected chi connectivity index (χ0v) is 23.8. The SMILES string of the molecule is CCCCCCCCCCCCOc1cc2c(C(=O)OC)c(c1)COCCOCCOCCOCCOC2. The summed E-state index contributed by atoms with van der Waals surface area (Å²) in [4.78, 5) is 12.7. The molecule has 1 aromatic carbocycles. The summed E-state index contributed by atoms with van der Waals surface area (Å²) in [6.07, 6.45) is 12.8. The number of carbonyl (C=O) groups excluding carboxylic acids is 1. The number of ether oxygens (including phenoxy) is 7. The minimum atomic E-state index is -0.414. The molecule has 8 nitrogen and oxygen atoms in total. The molecule has 1 aliphatic heterocycles. The molecule has 0 unspecified atom stereocenters. The summed E-state index contributed by atoms with van der Waals surface area (Å²) in [7, 11) is 1.38. The predicted molar refractivity (Wildman–Crippen MR) is 147 cm³/mol. The molecule has 0 amide bonds. The molecule has 0 aliphatic carbocycles. The Labute approximate surface area is 229 Å². The van der Waals surface area contributed by atoms with E-state index in [2.05, 4.69) is 6.92 Å². The lowest BCUT2D eigenvalue weighted by Crippen LogP contribution is -2.16. The van der Waals surface area contributed by atoms with Crippen LogP contribution in [0.4, 0.5) is 0 Å². The first-order valence-corrected chi connectivity index (χ1v) is 14.5. The van der Waals surface area contributed by atoms with Gasteiger partial charge in [0.25, 0.3) is 0 Å². The van der Waals surface area contributed by atoms with Crippen LogP contribution in [0.2, 0.25) is 0 Å². The lowest BCUT2D eigenvalue weighted by atomic mass is 10.0. The van der Waals surface area contributed by atoms with Crippen molar-refractivity contribution in [2.75, 3.05) is 66.6 Å². The van der Waals surface area contributed by atoms with Gasteiger partial charge in [0.15, 0.2) is 0 Å². The smallest absolute Gasteiger partial charge is 0.338 e. The fourth-order valence-electron chi connectivity index (χ4n) is 4.33. The maximum absolute atomic E-state index is 12.7. The van der Waals surface area contributed by atoms with Gasteiger partial charge in [-0.25, -0.2) is 4.79 Å². The van der Waals surface area contributed by atoms with E-state index in [1.54, 1.807) is 0 Å². The molecule has 2 rings (SSSR count). The second-order valence-corrected chi connectivity index (χ2v) is 9.58. The average Bonchev–Trinajstić information content (AvgIpc) is 2.92. The van der Waals surface area contributed by atoms with Gasteiger partial charge in [-0.05, 0) is 29.7 Å². The van der Waals surface area contributed by atoms with E-state index in [1.165, 1.54) is 58.5 Å². The fraction of sp³-hybridized carbons (Fsp3) is 0.767. The third kappa shape index (κ3) is 14.4. The van der Waals surface area contributed by atoms with Gasteiger partial charge in [0.05, 0.1) is 85.3 Å². The number of benzene rings is 1. The van der Waals surface area contributed by atoms with E-state index in [4.69, 9.17) is 33.2 Å². The van der Waals surface area contributed by atoms with Crippen LogP contribution in [0.15, 0.2) is 12.1 Å². The zero-order valence-electron chi connectivity index (χ0n) is 23.8. The summed E-state index contributed by atoms with van der Waals surface area (Å²) in [5, 5.41) is 0. The molecular formula is C30H50O8. The van der Waals surface area contributed by atoms with Crippen molar-refractivity contribution >= 4 is 5.97 Å². The molecule has 0 radical (unpaired) electrons. The van der Waals surface area contributed by atoms with Crippen molar-refractivity contribution in [2.45, 2.75) is 84.3 Å². The number of fused-ring (bicyclic) bond motifs is 2. The highest BCUT2D eigenvalue weighted by Crippen LogP contribution is 2.26. The van der Waals surface area contributed by atoms with Crippen molar-refractivity contribution in [3.8, 4) is 5.75 Å². The highest BCUT2D eigenvalue weighted by molar-refractivity contribution is 5.93. The van der Waals surface area contributed by atoms with Crippen molar-refractivity contribution < 1.29 is 38.0 Å². The topological polar surface area (TPSA) is 81.7 Å². The Morgan fingerprint density at radius 3 is 1.53 bits per heavy atom. The summed E-state index contributed by atoms with van der Waals surface area (Å²) < 4.78 is 39.4. The normalized spacial score (nSPS) is 16.4. The zero-order chi connectivity index (χ0) is 27.1. The minimum absolute atomic E-state index is 0.246. The molecule has 38 heavy (non-hydrogen) atoms. The van der Waals surface area contributed by atoms with Crippen LogP contribution in [0.1, 0.15) is 92.6 Å². The number of unbranched alkanes of at least 4 members (excludes halogenated alkanes) is 9. The van der Waals surface area contributed by atoms with Crippen molar-refractivity contribution in [3.63, 3.8) is 0 Å². The van der Waals surface area contributed by atoms with Crippen LogP contribution in [0, 0.1) is 0 Å². The first-order valence-electron chi connectivity index (χ1n) is 14.5. The third-order valence-corrected chi connectivity index (χ3v) is 6.43. The first kappa shape index (κ1) is 32.5. The summed E-state index contributed by atoms with van der Waals surface area (Å²) in [5.74, 6) is 0.298. The number of rotatable bonds is 13. The van der Waals surface area contributed by atoms with Gasteiger partial charge in [-0.1, -0.05) is 64.7 Å². The minimum Gasteiger partial charge on any atom is -0.494 e. The Bertz CT molecular complexity index is 702. The number of methoxy groups -OCH3 is 1. The van der Waals surface area contributed by atoms with Gasteiger partial charge < -0.3 is 33.2 Å². The molecule has 0 saturated heterocycles. The summed E-state index contributed by atoms with van der Waals surface area (Å²) in [6.45, 7) is 7.08. The molecule has 0 fully saturated rings. The van der Waals surface area contributed by atoms with E-state index in [0.717, 1.165) is 24.0 Å². The second kappa shape index (κ2) is 22.1. The highest BCUT2D eigenvalue weighted by atomic mass is 16.6. The van der Waals surface area contributed by atoms with Crippen molar-refractivity contribution in [1.29, 1.82) is 0 Å². The molecular weight excluding hydrogens is 488 g/mol. The molecule has 0 N–H and O–H groups in total. The van der Waals surface area contributed by atoms with E-state index < -0.39 is 5.97 Å². The largest absolute Gasteiger partial charge is 0.494 e. The lowest BCUT2D eigenvalue weighted by Gasteiger charge is -2.17. The first-order chi connectivity index (χ1) is 18.8. The van der Waals surface area contributed by atoms with Crippen LogP contribution >= 0.6 is 0 Å². The number of esters is 1. The van der Waals surface area contributed by atoms with Crippen LogP contribution in [-0.4, -0.2) is 72.5 Å². The van der Waals surface area contributed by atoms with E-state index in [1.807, 2.05) is 12.1 Å². The fourth-order valence-corrected chi connectivity index (χ4v) is 4.33. The second-order valence-electron chi connectivity index (χ2n) is 9.58. The van der Waals surface area contributed by atoms with Crippen molar-refractivity contribution in [1.82, 2.24) is 0 Å². The number of carbonyl (C=O) groups is 1. The van der Waals surface area contributed by atoms with Gasteiger partial charge in [0, 0.05) is 0 Å². The number of hydrogen-bond acceptors (Lipinski definition) is 8. The van der Waals surface area contributed by atoms with Crippen molar-refractivity contribution in [3.05, 3.63) is 28.8 Å². The molecule has 1 aliphatic rings. The summed E-state index contributed by atoms with van der Waals surface area (Å²) >= 11 is 0. The van der Waals surface area contributed by atoms with Crippen LogP contribution in [0.3, 0.4) is 0 Å². The molecule has 0 atom stereocenters. The van der Waals surface area contributed by atoms with Crippen LogP contribution in [-0.2, 0) is 41.6 Å². The molecule has 218 valence electrons. The Morgan fingerprint density at radius 1 is 0.658 bits per heavy atom. The third-order valence-electron chi connectivity index (χ3n) is 6.43. The van der Waals surface area contributed by atoms with Crippen LogP contribution in [0.5, 0.6) is 5.75 Å². The Hall–Kier alpha value is -1.71. The van der Waals surface area contributed by atoms with Crippen LogP contribution in [0.25, 0.3) is 0 Å². The molecule has 0 spiro atoms. The lowest BCUT2D eigenvalue weighted by molar-refractivity contribution is -0.0147. The maximum Gasteiger partial charge on any atom is 0.338 e. The average molecular weight is 539 g/mol. The van der Waals surface area contributed by atoms with Crippen molar-refractivity contribution in [2.24, 2.45) is 0 Å². The van der Waals surface area contributed by atoms with Gasteiger partial charge in [0.1, 0.15) is 5.75 Å². The Balaban J connectivity index is 1.93. The molecule has 1 heterocycles. The van der Waals surface area contributed by atoms with Gasteiger partial charge in [-0.3, -0.25) is 0 Å². The predicted octanol–water partition coefficient (Wildman–Crippen LogP) is 5.87. The van der Waals surface area contributed by atoms with E-state index >= 15 is 0 Å². The van der Waals surface area contributed by atoms with E-state index in [9.17, 15) is 4.79 Å². The standard InChI is InChI=1S/C30H50O8/c1-3-4-5-6-7-8-9-10-11-12-13-38-28-22-26-24-36-20-18-34-16-14-33-15-17-35-19-21-37-25-27(23-28)29(26)30(31)32-2/h22-23H,3-21,24-25H2,1-2H3. The van der Waals surface area contributed by atoms with E-state index in [-0.39, 0.29) is 13.2 Å². The quantitative estimate of drug-likeness (QED) is 0.228. The molecule has 0 aromatic heterocycles. The molecule has 2 bridgehead atoms. The highest BCUT2D eigenvalue weighted by Gasteiger charge is 2.20. The molecule has 1 aromatic rings. The van der Waals surface area contributed by atoms with Gasteiger partial charge in [-0.15, -0.1) is 0 Å². The van der Waals surface area contributed by atoms with Gasteiger partial charge >= 0.3 is 5.97 Å². The Morgan fingerprint density at radius 2 is 1.08 bits per heavy atom. The Kier molecular flexibility index (Phi) is 18.9. The maximum atomic E-state index is 12.7. The summed E-state index contributed by atoms with van der Waals surface area (Å²) in [5.41, 5.74) is 1.91. The van der Waals surface area contributed by atoms with Crippen LogP contribution < -0.4 is 4.74 Å². The van der Waals surface area contributed by atoms with E-state index in [0.29, 0.717) is 70.8 Å².